The maximum absolute atomic E-state index is 14.2. The van der Waals surface area contributed by atoms with Gasteiger partial charge in [-0.15, -0.1) is 0 Å². The molecule has 0 aliphatic carbocycles. The van der Waals surface area contributed by atoms with E-state index in [1.165, 1.54) is 6.20 Å². The van der Waals surface area contributed by atoms with Gasteiger partial charge in [-0.3, -0.25) is 4.79 Å². The van der Waals surface area contributed by atoms with Gasteiger partial charge in [0.1, 0.15) is 5.65 Å². The summed E-state index contributed by atoms with van der Waals surface area (Å²) < 4.78 is 14.2. The molecule has 3 aromatic rings. The maximum atomic E-state index is 14.2. The lowest BCUT2D eigenvalue weighted by Gasteiger charge is -2.35. The number of fused-ring (bicyclic) bond motifs is 1. The summed E-state index contributed by atoms with van der Waals surface area (Å²) in [6.45, 7) is 2.79. The number of carbonyl (C=O) groups excluding carboxylic acids is 1. The zero-order chi connectivity index (χ0) is 18.8. The fourth-order valence-corrected chi connectivity index (χ4v) is 3.60. The molecule has 0 radical (unpaired) electrons. The van der Waals surface area contributed by atoms with Crippen molar-refractivity contribution in [3.63, 3.8) is 0 Å². The van der Waals surface area contributed by atoms with Crippen LogP contribution in [0, 0.1) is 5.82 Å². The number of carbonyl (C=O) groups is 1. The lowest BCUT2D eigenvalue weighted by molar-refractivity contribution is -0.132. The third-order valence-corrected chi connectivity index (χ3v) is 4.97. The van der Waals surface area contributed by atoms with E-state index in [2.05, 4.69) is 25.3 Å². The highest BCUT2D eigenvalue weighted by Gasteiger charge is 2.24. The van der Waals surface area contributed by atoms with Gasteiger partial charge >= 0.3 is 0 Å². The molecule has 2 N–H and O–H groups in total. The summed E-state index contributed by atoms with van der Waals surface area (Å²) in [5.74, 6) is 0.107. The Bertz CT molecular complexity index is 972. The van der Waals surface area contributed by atoms with Gasteiger partial charge in [0.15, 0.2) is 17.5 Å². The summed E-state index contributed by atoms with van der Waals surface area (Å²) in [5, 5.41) is 3.95. The molecule has 0 unspecified atom stereocenters. The Hall–Kier alpha value is -3.03. The number of nitrogens with one attached hydrogen (secondary N) is 2. The van der Waals surface area contributed by atoms with Gasteiger partial charge in [-0.05, 0) is 31.4 Å². The van der Waals surface area contributed by atoms with Crippen molar-refractivity contribution in [3.05, 3.63) is 36.5 Å². The number of H-pyrrole nitrogens is 1. The van der Waals surface area contributed by atoms with E-state index in [4.69, 9.17) is 0 Å². The van der Waals surface area contributed by atoms with Gasteiger partial charge < -0.3 is 15.2 Å². The van der Waals surface area contributed by atoms with Crippen LogP contribution in [0.25, 0.3) is 22.4 Å². The number of piperidine rings is 1. The molecular formula is C19H21FN6O. The molecule has 0 aromatic carbocycles. The van der Waals surface area contributed by atoms with Crippen molar-refractivity contribution in [1.82, 2.24) is 24.8 Å². The zero-order valence-corrected chi connectivity index (χ0v) is 15.1. The minimum Gasteiger partial charge on any atom is -0.365 e. The zero-order valence-electron chi connectivity index (χ0n) is 15.1. The lowest BCUT2D eigenvalue weighted by Crippen LogP contribution is -2.46. The number of pyridine rings is 1. The Kier molecular flexibility index (Phi) is 4.70. The predicted octanol–water partition coefficient (Wildman–Crippen LogP) is 2.97. The van der Waals surface area contributed by atoms with Crippen molar-refractivity contribution in [2.24, 2.45) is 0 Å². The number of aromatic amines is 1. The third kappa shape index (κ3) is 3.47. The van der Waals surface area contributed by atoms with Crippen LogP contribution in [0.3, 0.4) is 0 Å². The predicted molar refractivity (Wildman–Crippen MR) is 101 cm³/mol. The monoisotopic (exact) mass is 368 g/mol. The first kappa shape index (κ1) is 17.4. The number of amides is 1. The van der Waals surface area contributed by atoms with E-state index in [0.717, 1.165) is 42.4 Å². The van der Waals surface area contributed by atoms with Crippen molar-refractivity contribution >= 4 is 22.8 Å². The second-order valence-corrected chi connectivity index (χ2v) is 6.73. The molecule has 1 atom stereocenters. The summed E-state index contributed by atoms with van der Waals surface area (Å²) in [7, 11) is 0. The van der Waals surface area contributed by atoms with Crippen LogP contribution in [0.5, 0.6) is 0 Å². The molecule has 1 saturated heterocycles. The topological polar surface area (TPSA) is 86.8 Å². The summed E-state index contributed by atoms with van der Waals surface area (Å²) in [5.41, 5.74) is 1.50. The average Bonchev–Trinajstić information content (AvgIpc) is 3.12. The number of likely N-dealkylation sites (tertiary alicyclic amines) is 1. The molecule has 0 spiro atoms. The second kappa shape index (κ2) is 7.30. The fraction of sp³-hybridized carbons (Fsp3) is 0.368. The molecule has 1 aliphatic rings. The van der Waals surface area contributed by atoms with Crippen LogP contribution >= 0.6 is 0 Å². The molecule has 4 heterocycles. The van der Waals surface area contributed by atoms with Crippen LogP contribution in [0.1, 0.15) is 26.2 Å². The number of rotatable bonds is 4. The van der Waals surface area contributed by atoms with E-state index in [0.29, 0.717) is 12.4 Å². The largest absolute Gasteiger partial charge is 0.365 e. The van der Waals surface area contributed by atoms with Crippen molar-refractivity contribution < 1.29 is 9.18 Å². The molecule has 140 valence electrons. The summed E-state index contributed by atoms with van der Waals surface area (Å²) in [4.78, 5) is 29.5. The van der Waals surface area contributed by atoms with Gasteiger partial charge in [-0.2, -0.15) is 0 Å². The number of nitrogens with zero attached hydrogens (tertiary/aromatic N) is 4. The second-order valence-electron chi connectivity index (χ2n) is 6.73. The summed E-state index contributed by atoms with van der Waals surface area (Å²) >= 11 is 0. The molecule has 3 aromatic heterocycles. The highest BCUT2D eigenvalue weighted by Crippen LogP contribution is 2.26. The molecule has 4 rings (SSSR count). The summed E-state index contributed by atoms with van der Waals surface area (Å²) in [6.07, 6.45) is 7.62. The number of halogens is 1. The lowest BCUT2D eigenvalue weighted by atomic mass is 10.0. The third-order valence-electron chi connectivity index (χ3n) is 4.97. The normalized spacial score (nSPS) is 17.3. The van der Waals surface area contributed by atoms with Gasteiger partial charge in [0.2, 0.25) is 5.91 Å². The Morgan fingerprint density at radius 3 is 3.15 bits per heavy atom. The van der Waals surface area contributed by atoms with E-state index in [1.807, 2.05) is 17.0 Å². The molecule has 8 heteroatoms. The molecule has 1 aliphatic heterocycles. The van der Waals surface area contributed by atoms with Crippen LogP contribution in [0.4, 0.5) is 10.2 Å². The number of hydrogen-bond acceptors (Lipinski definition) is 5. The van der Waals surface area contributed by atoms with Gasteiger partial charge in [0.05, 0.1) is 6.20 Å². The SMILES string of the molecule is CC(=O)N1CCCC[C@H]1CNc1nc(-c2c[nH]c3ncccc23)ncc1F. The molecule has 7 nitrogen and oxygen atoms in total. The highest BCUT2D eigenvalue weighted by molar-refractivity contribution is 5.91. The molecule has 0 bridgehead atoms. The Morgan fingerprint density at radius 1 is 1.41 bits per heavy atom. The van der Waals surface area contributed by atoms with Crippen LogP contribution in [-0.2, 0) is 4.79 Å². The van der Waals surface area contributed by atoms with Crippen LogP contribution in [-0.4, -0.2) is 49.9 Å². The standard InChI is InChI=1S/C19H21FN6O/c1-12(27)26-8-3-2-5-13(26)9-22-19-16(20)11-24-18(25-19)15-10-23-17-14(15)6-4-7-21-17/h4,6-7,10-11,13H,2-3,5,8-9H2,1H3,(H,21,23)(H,22,24,25)/t13-/m0/s1. The van der Waals surface area contributed by atoms with Crippen LogP contribution in [0.15, 0.2) is 30.7 Å². The molecule has 27 heavy (non-hydrogen) atoms. The van der Waals surface area contributed by atoms with E-state index in [1.54, 1.807) is 19.3 Å². The first-order chi connectivity index (χ1) is 13.1. The van der Waals surface area contributed by atoms with Gasteiger partial charge in [-0.1, -0.05) is 0 Å². The minimum absolute atomic E-state index is 0.0476. The Balaban J connectivity index is 1.57. The van der Waals surface area contributed by atoms with Gasteiger partial charge in [0.25, 0.3) is 0 Å². The van der Waals surface area contributed by atoms with Crippen molar-refractivity contribution in [2.45, 2.75) is 32.2 Å². The highest BCUT2D eigenvalue weighted by atomic mass is 19.1. The number of anilines is 1. The van der Waals surface area contributed by atoms with Crippen molar-refractivity contribution in [1.29, 1.82) is 0 Å². The first-order valence-corrected chi connectivity index (χ1v) is 9.09. The van der Waals surface area contributed by atoms with E-state index in [9.17, 15) is 9.18 Å². The van der Waals surface area contributed by atoms with E-state index >= 15 is 0 Å². The van der Waals surface area contributed by atoms with Gasteiger partial charge in [0, 0.05) is 49.4 Å². The molecule has 1 amide bonds. The molecule has 1 fully saturated rings. The fourth-order valence-electron chi connectivity index (χ4n) is 3.60. The number of hydrogen-bond donors (Lipinski definition) is 2. The van der Waals surface area contributed by atoms with E-state index in [-0.39, 0.29) is 17.8 Å². The smallest absolute Gasteiger partial charge is 0.219 e. The van der Waals surface area contributed by atoms with Crippen LogP contribution in [0.2, 0.25) is 0 Å². The number of aromatic nitrogens is 4. The molecule has 0 saturated carbocycles. The Morgan fingerprint density at radius 2 is 2.30 bits per heavy atom. The Labute approximate surface area is 156 Å². The van der Waals surface area contributed by atoms with Crippen molar-refractivity contribution in [3.8, 4) is 11.4 Å². The average molecular weight is 368 g/mol. The maximum Gasteiger partial charge on any atom is 0.219 e. The first-order valence-electron chi connectivity index (χ1n) is 9.09. The quantitative estimate of drug-likeness (QED) is 0.739. The van der Waals surface area contributed by atoms with Crippen molar-refractivity contribution in [2.75, 3.05) is 18.4 Å². The van der Waals surface area contributed by atoms with Crippen LogP contribution < -0.4 is 5.32 Å². The molecular weight excluding hydrogens is 347 g/mol. The minimum atomic E-state index is -0.512. The van der Waals surface area contributed by atoms with E-state index < -0.39 is 5.82 Å². The van der Waals surface area contributed by atoms with Gasteiger partial charge in [-0.25, -0.2) is 19.3 Å². The summed E-state index contributed by atoms with van der Waals surface area (Å²) in [6, 6.07) is 3.80.